The summed E-state index contributed by atoms with van der Waals surface area (Å²) >= 11 is 0. The Balaban J connectivity index is 2.09. The lowest BCUT2D eigenvalue weighted by Gasteiger charge is -2.25. The van der Waals surface area contributed by atoms with Gasteiger partial charge >= 0.3 is 0 Å². The maximum atomic E-state index is 13.7. The Morgan fingerprint density at radius 2 is 2.00 bits per heavy atom. The molecule has 1 fully saturated rings. The van der Waals surface area contributed by atoms with E-state index in [4.69, 9.17) is 11.5 Å². The van der Waals surface area contributed by atoms with Crippen LogP contribution in [-0.2, 0) is 16.1 Å². The molecule has 0 aliphatic heterocycles. The fraction of sp³-hybridized carbons (Fsp3) is 0.429. The van der Waals surface area contributed by atoms with Crippen LogP contribution in [-0.4, -0.2) is 28.8 Å². The normalized spacial score (nSPS) is 15.7. The Morgan fingerprint density at radius 3 is 2.55 bits per heavy atom. The Labute approximate surface area is 116 Å². The number of primary amides is 1. The number of hydrogen-bond donors (Lipinski definition) is 2. The average molecular weight is 279 g/mol. The summed E-state index contributed by atoms with van der Waals surface area (Å²) in [6, 6.07) is 5.44. The number of carbonyl (C=O) groups excluding carboxylic acids is 2. The topological polar surface area (TPSA) is 89.4 Å². The Kier molecular flexibility index (Phi) is 4.34. The fourth-order valence-electron chi connectivity index (χ4n) is 2.10. The van der Waals surface area contributed by atoms with E-state index in [0.717, 1.165) is 12.8 Å². The number of hydrogen-bond acceptors (Lipinski definition) is 3. The van der Waals surface area contributed by atoms with Crippen LogP contribution in [0.4, 0.5) is 4.39 Å². The van der Waals surface area contributed by atoms with Crippen molar-refractivity contribution in [2.75, 3.05) is 0 Å². The third-order valence-electron chi connectivity index (χ3n) is 3.31. The van der Waals surface area contributed by atoms with Gasteiger partial charge in [-0.25, -0.2) is 4.39 Å². The molecule has 2 rings (SSSR count). The predicted molar refractivity (Wildman–Crippen MR) is 71.8 cm³/mol. The van der Waals surface area contributed by atoms with Crippen molar-refractivity contribution in [1.82, 2.24) is 4.90 Å². The van der Waals surface area contributed by atoms with E-state index in [1.54, 1.807) is 23.1 Å². The van der Waals surface area contributed by atoms with Crippen molar-refractivity contribution in [3.05, 3.63) is 35.6 Å². The van der Waals surface area contributed by atoms with E-state index in [2.05, 4.69) is 0 Å². The molecule has 1 aromatic rings. The lowest BCUT2D eigenvalue weighted by molar-refractivity contribution is -0.135. The molecular formula is C14H18FN3O2. The first-order valence-corrected chi connectivity index (χ1v) is 6.57. The van der Waals surface area contributed by atoms with Crippen LogP contribution in [0.15, 0.2) is 24.3 Å². The third-order valence-corrected chi connectivity index (χ3v) is 3.31. The van der Waals surface area contributed by atoms with Crippen LogP contribution in [0.2, 0.25) is 0 Å². The Morgan fingerprint density at radius 1 is 1.35 bits per heavy atom. The van der Waals surface area contributed by atoms with Gasteiger partial charge < -0.3 is 16.4 Å². The summed E-state index contributed by atoms with van der Waals surface area (Å²) in [7, 11) is 0. The summed E-state index contributed by atoms with van der Waals surface area (Å²) in [4.78, 5) is 24.6. The maximum absolute atomic E-state index is 13.7. The highest BCUT2D eigenvalue weighted by molar-refractivity contribution is 5.87. The number of rotatable bonds is 6. The number of halogens is 1. The van der Waals surface area contributed by atoms with E-state index < -0.39 is 11.9 Å². The second-order valence-electron chi connectivity index (χ2n) is 5.07. The first kappa shape index (κ1) is 14.5. The van der Waals surface area contributed by atoms with Crippen LogP contribution in [0, 0.1) is 5.82 Å². The molecule has 0 aromatic heterocycles. The molecule has 1 aromatic carbocycles. The lowest BCUT2D eigenvalue weighted by atomic mass is 10.1. The second-order valence-corrected chi connectivity index (χ2v) is 5.07. The van der Waals surface area contributed by atoms with Gasteiger partial charge in [-0.1, -0.05) is 18.2 Å². The van der Waals surface area contributed by atoms with E-state index in [9.17, 15) is 14.0 Å². The van der Waals surface area contributed by atoms with E-state index in [0.29, 0.717) is 5.56 Å². The molecule has 20 heavy (non-hydrogen) atoms. The summed E-state index contributed by atoms with van der Waals surface area (Å²) in [5, 5.41) is 0. The highest BCUT2D eigenvalue weighted by Crippen LogP contribution is 2.29. The summed E-state index contributed by atoms with van der Waals surface area (Å²) in [6.45, 7) is 0.169. The first-order chi connectivity index (χ1) is 9.49. The predicted octanol–water partition coefficient (Wildman–Crippen LogP) is 0.519. The van der Waals surface area contributed by atoms with Gasteiger partial charge in [-0.2, -0.15) is 0 Å². The monoisotopic (exact) mass is 279 g/mol. The molecule has 0 heterocycles. The van der Waals surface area contributed by atoms with Gasteiger partial charge in [0.15, 0.2) is 0 Å². The van der Waals surface area contributed by atoms with Crippen LogP contribution in [0.25, 0.3) is 0 Å². The van der Waals surface area contributed by atoms with E-state index >= 15 is 0 Å². The van der Waals surface area contributed by atoms with Crippen LogP contribution >= 0.6 is 0 Å². The van der Waals surface area contributed by atoms with Gasteiger partial charge in [0.25, 0.3) is 0 Å². The molecule has 0 saturated heterocycles. The zero-order chi connectivity index (χ0) is 14.7. The van der Waals surface area contributed by atoms with Gasteiger partial charge in [0, 0.05) is 18.2 Å². The van der Waals surface area contributed by atoms with Crippen molar-refractivity contribution in [3.8, 4) is 0 Å². The standard InChI is InChI=1S/C14H18FN3O2/c15-11-4-2-1-3-9(11)8-18(10-5-6-10)14(20)12(16)7-13(17)19/h1-4,10,12H,5-8,16H2,(H2,17,19). The summed E-state index contributed by atoms with van der Waals surface area (Å²) in [6.07, 6.45) is 1.56. The van der Waals surface area contributed by atoms with Gasteiger partial charge in [-0.05, 0) is 18.9 Å². The van der Waals surface area contributed by atoms with Crippen LogP contribution < -0.4 is 11.5 Å². The molecular weight excluding hydrogens is 261 g/mol. The molecule has 1 saturated carbocycles. The largest absolute Gasteiger partial charge is 0.370 e. The first-order valence-electron chi connectivity index (χ1n) is 6.57. The van der Waals surface area contributed by atoms with Crippen molar-refractivity contribution >= 4 is 11.8 Å². The van der Waals surface area contributed by atoms with Crippen molar-refractivity contribution in [2.24, 2.45) is 11.5 Å². The Hall–Kier alpha value is -1.95. The minimum atomic E-state index is -0.958. The SMILES string of the molecule is NC(=O)CC(N)C(=O)N(Cc1ccccc1F)C1CC1. The minimum Gasteiger partial charge on any atom is -0.370 e. The van der Waals surface area contributed by atoms with Gasteiger partial charge in [0.1, 0.15) is 5.82 Å². The molecule has 0 radical (unpaired) electrons. The van der Waals surface area contributed by atoms with Gasteiger partial charge in [-0.3, -0.25) is 9.59 Å². The van der Waals surface area contributed by atoms with Crippen LogP contribution in [0.3, 0.4) is 0 Å². The minimum absolute atomic E-state index is 0.0843. The summed E-state index contributed by atoms with van der Waals surface area (Å²) in [5.74, 6) is -1.32. The number of nitrogens with two attached hydrogens (primary N) is 2. The highest BCUT2D eigenvalue weighted by Gasteiger charge is 2.35. The van der Waals surface area contributed by atoms with Gasteiger partial charge in [0.2, 0.25) is 11.8 Å². The van der Waals surface area contributed by atoms with Gasteiger partial charge in [-0.15, -0.1) is 0 Å². The number of carbonyl (C=O) groups is 2. The van der Waals surface area contributed by atoms with E-state index in [1.807, 2.05) is 0 Å². The van der Waals surface area contributed by atoms with Crippen molar-refractivity contribution < 1.29 is 14.0 Å². The van der Waals surface area contributed by atoms with E-state index in [1.165, 1.54) is 6.07 Å². The molecule has 1 unspecified atom stereocenters. The highest BCUT2D eigenvalue weighted by atomic mass is 19.1. The molecule has 1 aliphatic carbocycles. The summed E-state index contributed by atoms with van der Waals surface area (Å²) in [5.41, 5.74) is 11.2. The number of amides is 2. The smallest absolute Gasteiger partial charge is 0.240 e. The zero-order valence-corrected chi connectivity index (χ0v) is 11.1. The molecule has 1 atom stereocenters. The molecule has 1 aliphatic rings. The number of benzene rings is 1. The fourth-order valence-corrected chi connectivity index (χ4v) is 2.10. The average Bonchev–Trinajstić information content (AvgIpc) is 3.20. The molecule has 0 spiro atoms. The van der Waals surface area contributed by atoms with Crippen molar-refractivity contribution in [1.29, 1.82) is 0 Å². The number of nitrogens with zero attached hydrogens (tertiary/aromatic N) is 1. The van der Waals surface area contributed by atoms with Crippen LogP contribution in [0.1, 0.15) is 24.8 Å². The van der Waals surface area contributed by atoms with Crippen molar-refractivity contribution in [3.63, 3.8) is 0 Å². The van der Waals surface area contributed by atoms with Crippen LogP contribution in [0.5, 0.6) is 0 Å². The molecule has 108 valence electrons. The van der Waals surface area contributed by atoms with Gasteiger partial charge in [0.05, 0.1) is 12.5 Å². The maximum Gasteiger partial charge on any atom is 0.240 e. The molecule has 6 heteroatoms. The van der Waals surface area contributed by atoms with Crippen molar-refractivity contribution in [2.45, 2.75) is 37.9 Å². The molecule has 4 N–H and O–H groups in total. The Bertz CT molecular complexity index is 517. The molecule has 5 nitrogen and oxygen atoms in total. The van der Waals surface area contributed by atoms with E-state index in [-0.39, 0.29) is 30.7 Å². The second kappa shape index (κ2) is 6.00. The molecule has 2 amide bonds. The molecule has 0 bridgehead atoms. The quantitative estimate of drug-likeness (QED) is 0.795. The third kappa shape index (κ3) is 3.54. The summed E-state index contributed by atoms with van der Waals surface area (Å²) < 4.78 is 13.7. The lowest BCUT2D eigenvalue weighted by Crippen LogP contribution is -2.46. The zero-order valence-electron chi connectivity index (χ0n) is 11.1.